The molecule has 0 aromatic heterocycles. The molecule has 1 aromatic rings. The molecule has 0 atom stereocenters. The van der Waals surface area contributed by atoms with Crippen LogP contribution >= 0.6 is 11.6 Å². The maximum absolute atomic E-state index is 11.7. The van der Waals surface area contributed by atoms with E-state index in [1.54, 1.807) is 0 Å². The predicted molar refractivity (Wildman–Crippen MR) is 74.2 cm³/mol. The van der Waals surface area contributed by atoms with Gasteiger partial charge in [-0.25, -0.2) is 8.42 Å². The molecule has 2 saturated heterocycles. The lowest BCUT2D eigenvalue weighted by Gasteiger charge is -2.51. The number of sulfone groups is 1. The predicted octanol–water partition coefficient (Wildman–Crippen LogP) is 1.30. The summed E-state index contributed by atoms with van der Waals surface area (Å²) >= 11 is 5.91. The molecule has 0 saturated carbocycles. The molecular formula is C13H16ClNO3S. The van der Waals surface area contributed by atoms with Gasteiger partial charge in [0.05, 0.1) is 30.3 Å². The van der Waals surface area contributed by atoms with Gasteiger partial charge in [-0.05, 0) is 17.7 Å². The van der Waals surface area contributed by atoms with E-state index in [1.807, 2.05) is 24.3 Å². The summed E-state index contributed by atoms with van der Waals surface area (Å²) in [5, 5.41) is 0.669. The Labute approximate surface area is 118 Å². The van der Waals surface area contributed by atoms with Crippen molar-refractivity contribution in [3.05, 3.63) is 34.9 Å². The second kappa shape index (κ2) is 4.74. The number of ether oxygens (including phenoxy) is 1. The summed E-state index contributed by atoms with van der Waals surface area (Å²) in [6, 6.07) is 7.52. The maximum atomic E-state index is 11.7. The van der Waals surface area contributed by atoms with Crippen LogP contribution in [0.15, 0.2) is 24.3 Å². The second-order valence-electron chi connectivity index (χ2n) is 5.17. The minimum Gasteiger partial charge on any atom is -0.379 e. The van der Waals surface area contributed by atoms with Crippen LogP contribution in [0.4, 0.5) is 0 Å². The summed E-state index contributed by atoms with van der Waals surface area (Å²) in [6.45, 7) is 2.88. The van der Waals surface area contributed by atoms with Crippen LogP contribution in [0.3, 0.4) is 0 Å². The molecule has 0 spiro atoms. The normalized spacial score (nSPS) is 25.7. The minimum atomic E-state index is -2.91. The Morgan fingerprint density at radius 1 is 1.11 bits per heavy atom. The number of hydrogen-bond acceptors (Lipinski definition) is 4. The van der Waals surface area contributed by atoms with E-state index < -0.39 is 9.84 Å². The average Bonchev–Trinajstić information content (AvgIpc) is 2.37. The van der Waals surface area contributed by atoms with Crippen molar-refractivity contribution in [2.24, 2.45) is 0 Å². The molecule has 6 heteroatoms. The number of benzene rings is 1. The highest BCUT2D eigenvalue weighted by molar-refractivity contribution is 7.93. The van der Waals surface area contributed by atoms with Gasteiger partial charge >= 0.3 is 0 Å². The third-order valence-electron chi connectivity index (χ3n) is 3.92. The fourth-order valence-electron chi connectivity index (χ4n) is 2.97. The summed E-state index contributed by atoms with van der Waals surface area (Å²) in [5.74, 6) is 0.392. The highest BCUT2D eigenvalue weighted by Gasteiger charge is 2.53. The smallest absolute Gasteiger partial charge is 0.154 e. The number of morpholine rings is 1. The topological polar surface area (TPSA) is 46.6 Å². The van der Waals surface area contributed by atoms with Crippen molar-refractivity contribution in [3.8, 4) is 0 Å². The standard InChI is InChI=1S/C13H16ClNO3S/c14-12-3-1-11(2-4-12)13(9-19(16,17)10-13)15-5-7-18-8-6-15/h1-4H,5-10H2. The van der Waals surface area contributed by atoms with E-state index in [0.717, 1.165) is 18.7 Å². The first-order valence-electron chi connectivity index (χ1n) is 6.31. The molecular weight excluding hydrogens is 286 g/mol. The lowest BCUT2D eigenvalue weighted by molar-refractivity contribution is -0.0144. The zero-order chi connectivity index (χ0) is 13.5. The lowest BCUT2D eigenvalue weighted by atomic mass is 9.90. The average molecular weight is 302 g/mol. The summed E-state index contributed by atoms with van der Waals surface area (Å²) in [4.78, 5) is 2.24. The Balaban J connectivity index is 1.95. The van der Waals surface area contributed by atoms with E-state index in [9.17, 15) is 8.42 Å². The number of halogens is 1. The van der Waals surface area contributed by atoms with E-state index in [0.29, 0.717) is 18.2 Å². The zero-order valence-electron chi connectivity index (χ0n) is 10.5. The Morgan fingerprint density at radius 2 is 1.68 bits per heavy atom. The van der Waals surface area contributed by atoms with Gasteiger partial charge in [0.15, 0.2) is 9.84 Å². The Hall–Kier alpha value is -0.620. The fourth-order valence-corrected chi connectivity index (χ4v) is 5.16. The first-order chi connectivity index (χ1) is 9.02. The van der Waals surface area contributed by atoms with Crippen molar-refractivity contribution >= 4 is 21.4 Å². The van der Waals surface area contributed by atoms with Crippen LogP contribution in [0.2, 0.25) is 5.02 Å². The molecule has 0 radical (unpaired) electrons. The van der Waals surface area contributed by atoms with Crippen molar-refractivity contribution in [2.45, 2.75) is 5.54 Å². The van der Waals surface area contributed by atoms with Crippen molar-refractivity contribution < 1.29 is 13.2 Å². The molecule has 0 amide bonds. The molecule has 3 rings (SSSR count). The van der Waals surface area contributed by atoms with Crippen molar-refractivity contribution in [2.75, 3.05) is 37.8 Å². The Kier molecular flexibility index (Phi) is 3.33. The summed E-state index contributed by atoms with van der Waals surface area (Å²) < 4.78 is 28.8. The molecule has 2 fully saturated rings. The van der Waals surface area contributed by atoms with E-state index >= 15 is 0 Å². The van der Waals surface area contributed by atoms with Crippen LogP contribution in [-0.4, -0.2) is 51.1 Å². The van der Waals surface area contributed by atoms with Crippen LogP contribution in [0.1, 0.15) is 5.56 Å². The first kappa shape index (κ1) is 13.4. The zero-order valence-corrected chi connectivity index (χ0v) is 12.1. The molecule has 1 aromatic carbocycles. The summed E-state index contributed by atoms with van der Waals surface area (Å²) in [6.07, 6.45) is 0. The van der Waals surface area contributed by atoms with Crippen molar-refractivity contribution in [3.63, 3.8) is 0 Å². The molecule has 2 aliphatic heterocycles. The van der Waals surface area contributed by atoms with Crippen LogP contribution in [0.25, 0.3) is 0 Å². The molecule has 0 N–H and O–H groups in total. The largest absolute Gasteiger partial charge is 0.379 e. The number of hydrogen-bond donors (Lipinski definition) is 0. The van der Waals surface area contributed by atoms with Gasteiger partial charge in [0, 0.05) is 18.1 Å². The molecule has 19 heavy (non-hydrogen) atoms. The van der Waals surface area contributed by atoms with Gasteiger partial charge in [-0.3, -0.25) is 4.90 Å². The second-order valence-corrected chi connectivity index (χ2v) is 7.67. The van der Waals surface area contributed by atoms with E-state index in [2.05, 4.69) is 4.90 Å². The van der Waals surface area contributed by atoms with E-state index in [1.165, 1.54) is 0 Å². The third kappa shape index (κ3) is 2.40. The van der Waals surface area contributed by atoms with Gasteiger partial charge in [-0.15, -0.1) is 0 Å². The van der Waals surface area contributed by atoms with Crippen LogP contribution in [0, 0.1) is 0 Å². The van der Waals surface area contributed by atoms with E-state index in [-0.39, 0.29) is 17.0 Å². The fraction of sp³-hybridized carbons (Fsp3) is 0.538. The van der Waals surface area contributed by atoms with Gasteiger partial charge in [-0.1, -0.05) is 23.7 Å². The van der Waals surface area contributed by atoms with Crippen LogP contribution in [-0.2, 0) is 20.1 Å². The molecule has 2 heterocycles. The quantitative estimate of drug-likeness (QED) is 0.826. The van der Waals surface area contributed by atoms with Gasteiger partial charge in [0.1, 0.15) is 0 Å². The van der Waals surface area contributed by atoms with Crippen molar-refractivity contribution in [1.29, 1.82) is 0 Å². The highest BCUT2D eigenvalue weighted by atomic mass is 35.5. The van der Waals surface area contributed by atoms with Crippen LogP contribution < -0.4 is 0 Å². The van der Waals surface area contributed by atoms with Crippen LogP contribution in [0.5, 0.6) is 0 Å². The lowest BCUT2D eigenvalue weighted by Crippen LogP contribution is -2.64. The van der Waals surface area contributed by atoms with Gasteiger partial charge < -0.3 is 4.74 Å². The molecule has 0 bridgehead atoms. The number of nitrogens with zero attached hydrogens (tertiary/aromatic N) is 1. The summed E-state index contributed by atoms with van der Waals surface area (Å²) in [5.41, 5.74) is 0.654. The highest BCUT2D eigenvalue weighted by Crippen LogP contribution is 2.40. The molecule has 4 nitrogen and oxygen atoms in total. The van der Waals surface area contributed by atoms with Gasteiger partial charge in [0.2, 0.25) is 0 Å². The van der Waals surface area contributed by atoms with Gasteiger partial charge in [-0.2, -0.15) is 0 Å². The molecule has 0 unspecified atom stereocenters. The minimum absolute atomic E-state index is 0.196. The van der Waals surface area contributed by atoms with Gasteiger partial charge in [0.25, 0.3) is 0 Å². The number of rotatable bonds is 2. The van der Waals surface area contributed by atoms with Crippen molar-refractivity contribution in [1.82, 2.24) is 4.90 Å². The Bertz CT molecular complexity index is 552. The molecule has 104 valence electrons. The monoisotopic (exact) mass is 301 g/mol. The first-order valence-corrected chi connectivity index (χ1v) is 8.51. The van der Waals surface area contributed by atoms with E-state index in [4.69, 9.17) is 16.3 Å². The Morgan fingerprint density at radius 3 is 2.21 bits per heavy atom. The maximum Gasteiger partial charge on any atom is 0.154 e. The SMILES string of the molecule is O=S1(=O)CC(c2ccc(Cl)cc2)(N2CCOCC2)C1. The molecule has 0 aliphatic carbocycles. The summed E-state index contributed by atoms with van der Waals surface area (Å²) in [7, 11) is -2.91. The molecule has 2 aliphatic rings. The third-order valence-corrected chi connectivity index (χ3v) is 6.00.